The molecule has 0 radical (unpaired) electrons. The van der Waals surface area contributed by atoms with Crippen molar-refractivity contribution in [1.82, 2.24) is 9.97 Å². The fraction of sp³-hybridized carbons (Fsp3) is 0.107. The van der Waals surface area contributed by atoms with Crippen LogP contribution in [0.15, 0.2) is 78.9 Å². The van der Waals surface area contributed by atoms with Gasteiger partial charge in [0.15, 0.2) is 11.5 Å². The van der Waals surface area contributed by atoms with E-state index >= 15 is 0 Å². The van der Waals surface area contributed by atoms with Crippen molar-refractivity contribution < 1.29 is 19.0 Å². The second kappa shape index (κ2) is 10.1. The van der Waals surface area contributed by atoms with Crippen LogP contribution < -0.4 is 19.5 Å². The van der Waals surface area contributed by atoms with Gasteiger partial charge in [0.25, 0.3) is 5.91 Å². The maximum absolute atomic E-state index is 12.7. The summed E-state index contributed by atoms with van der Waals surface area (Å²) in [5.74, 6) is 2.53. The zero-order chi connectivity index (χ0) is 25.1. The average Bonchev–Trinajstić information content (AvgIpc) is 3.34. The molecule has 7 nitrogen and oxygen atoms in total. The van der Waals surface area contributed by atoms with E-state index in [1.165, 1.54) is 7.11 Å². The molecule has 5 rings (SSSR count). The van der Waals surface area contributed by atoms with Gasteiger partial charge in [0, 0.05) is 16.1 Å². The van der Waals surface area contributed by atoms with Crippen molar-refractivity contribution >= 4 is 33.1 Å². The molecule has 180 valence electrons. The molecule has 0 fully saturated rings. The molecule has 0 spiro atoms. The van der Waals surface area contributed by atoms with Crippen LogP contribution in [-0.4, -0.2) is 30.1 Å². The quantitative estimate of drug-likeness (QED) is 0.268. The van der Waals surface area contributed by atoms with E-state index in [-0.39, 0.29) is 5.91 Å². The van der Waals surface area contributed by atoms with Crippen molar-refractivity contribution in [2.24, 2.45) is 0 Å². The molecule has 2 aromatic heterocycles. The molecule has 2 heterocycles. The molecule has 1 N–H and O–H groups in total. The second-order valence-corrected chi connectivity index (χ2v) is 8.95. The van der Waals surface area contributed by atoms with Crippen LogP contribution in [0.25, 0.3) is 20.7 Å². The number of anilines is 1. The first-order valence-electron chi connectivity index (χ1n) is 11.2. The van der Waals surface area contributed by atoms with Crippen LogP contribution in [0.3, 0.4) is 0 Å². The number of rotatable bonds is 7. The highest BCUT2D eigenvalue weighted by Gasteiger charge is 2.14. The van der Waals surface area contributed by atoms with Gasteiger partial charge in [-0.15, -0.1) is 11.3 Å². The molecule has 0 aliphatic rings. The Hall–Kier alpha value is -4.43. The molecule has 0 saturated heterocycles. The third kappa shape index (κ3) is 4.85. The molecular formula is C28H23N3O4S. The topological polar surface area (TPSA) is 82.6 Å². The number of carbonyl (C=O) groups excluding carboxylic acids is 1. The summed E-state index contributed by atoms with van der Waals surface area (Å²) < 4.78 is 16.6. The van der Waals surface area contributed by atoms with Crippen molar-refractivity contribution in [3.8, 4) is 33.6 Å². The lowest BCUT2D eigenvalue weighted by atomic mass is 10.2. The lowest BCUT2D eigenvalue weighted by molar-refractivity contribution is 0.102. The largest absolute Gasteiger partial charge is 0.493 e. The van der Waals surface area contributed by atoms with E-state index in [0.717, 1.165) is 20.7 Å². The Kier molecular flexibility index (Phi) is 6.51. The highest BCUT2D eigenvalue weighted by molar-refractivity contribution is 7.21. The molecule has 1 amide bonds. The Balaban J connectivity index is 1.34. The van der Waals surface area contributed by atoms with Crippen LogP contribution in [0.5, 0.6) is 23.1 Å². The van der Waals surface area contributed by atoms with Gasteiger partial charge >= 0.3 is 0 Å². The Labute approximate surface area is 212 Å². The van der Waals surface area contributed by atoms with E-state index in [9.17, 15) is 4.79 Å². The zero-order valence-corrected chi connectivity index (χ0v) is 20.8. The van der Waals surface area contributed by atoms with Crippen LogP contribution >= 0.6 is 11.3 Å². The number of amides is 1. The summed E-state index contributed by atoms with van der Waals surface area (Å²) in [5, 5.41) is 3.74. The number of thiophene rings is 1. The fourth-order valence-electron chi connectivity index (χ4n) is 3.72. The van der Waals surface area contributed by atoms with Crippen LogP contribution in [0.4, 0.5) is 5.69 Å². The molecule has 8 heteroatoms. The zero-order valence-electron chi connectivity index (χ0n) is 19.9. The summed E-state index contributed by atoms with van der Waals surface area (Å²) >= 11 is 1.61. The Morgan fingerprint density at radius 3 is 2.33 bits per heavy atom. The number of fused-ring (bicyclic) bond motifs is 1. The van der Waals surface area contributed by atoms with E-state index in [1.807, 2.05) is 25.1 Å². The number of hydrogen-bond acceptors (Lipinski definition) is 7. The number of nitrogens with one attached hydrogen (secondary N) is 1. The minimum absolute atomic E-state index is 0.260. The standard InChI is InChI=1S/C28H23N3O4S/c1-17-29-27(22-16-25(36-28(22)30-17)18-7-5-4-6-8-18)35-21-12-10-20(11-13-21)31-26(32)19-9-14-23(33-2)24(15-19)34-3/h4-16H,1-3H3,(H,31,32). The van der Waals surface area contributed by atoms with E-state index in [0.29, 0.717) is 40.2 Å². The van der Waals surface area contributed by atoms with Gasteiger partial charge in [-0.3, -0.25) is 4.79 Å². The molecular weight excluding hydrogens is 474 g/mol. The summed E-state index contributed by atoms with van der Waals surface area (Å²) in [6, 6.07) is 24.4. The first-order valence-corrected chi connectivity index (χ1v) is 12.0. The Bertz CT molecular complexity index is 1530. The van der Waals surface area contributed by atoms with Crippen LogP contribution in [-0.2, 0) is 0 Å². The number of benzene rings is 3. The number of carbonyl (C=O) groups is 1. The van der Waals surface area contributed by atoms with Crippen LogP contribution in [0.1, 0.15) is 16.2 Å². The third-order valence-corrected chi connectivity index (χ3v) is 6.58. The van der Waals surface area contributed by atoms with Gasteiger partial charge in [0.1, 0.15) is 16.4 Å². The van der Waals surface area contributed by atoms with Gasteiger partial charge in [-0.2, -0.15) is 4.98 Å². The SMILES string of the molecule is COc1ccc(C(=O)Nc2ccc(Oc3nc(C)nc4sc(-c5ccccc5)cc34)cc2)cc1OC. The van der Waals surface area contributed by atoms with Gasteiger partial charge in [0.05, 0.1) is 19.6 Å². The predicted molar refractivity (Wildman–Crippen MR) is 142 cm³/mol. The summed E-state index contributed by atoms with van der Waals surface area (Å²) in [4.78, 5) is 23.8. The predicted octanol–water partition coefficient (Wildman–Crippen LogP) is 6.73. The van der Waals surface area contributed by atoms with E-state index in [1.54, 1.807) is 60.9 Å². The number of methoxy groups -OCH3 is 2. The lowest BCUT2D eigenvalue weighted by Crippen LogP contribution is -2.12. The van der Waals surface area contributed by atoms with Gasteiger partial charge in [0.2, 0.25) is 5.88 Å². The summed E-state index contributed by atoms with van der Waals surface area (Å²) in [6.45, 7) is 1.85. The van der Waals surface area contributed by atoms with Gasteiger partial charge < -0.3 is 19.5 Å². The molecule has 3 aromatic carbocycles. The average molecular weight is 498 g/mol. The number of aromatic nitrogens is 2. The Morgan fingerprint density at radius 1 is 0.861 bits per heavy atom. The van der Waals surface area contributed by atoms with Gasteiger partial charge in [-0.25, -0.2) is 4.98 Å². The van der Waals surface area contributed by atoms with Crippen molar-refractivity contribution in [3.05, 3.63) is 90.3 Å². The normalized spacial score (nSPS) is 10.8. The van der Waals surface area contributed by atoms with Gasteiger partial charge in [-0.1, -0.05) is 30.3 Å². The molecule has 0 unspecified atom stereocenters. The van der Waals surface area contributed by atoms with Crippen molar-refractivity contribution in [1.29, 1.82) is 0 Å². The van der Waals surface area contributed by atoms with E-state index in [2.05, 4.69) is 33.5 Å². The van der Waals surface area contributed by atoms with Crippen molar-refractivity contribution in [3.63, 3.8) is 0 Å². The molecule has 5 aromatic rings. The maximum Gasteiger partial charge on any atom is 0.255 e. The first-order chi connectivity index (χ1) is 17.5. The highest BCUT2D eigenvalue weighted by atomic mass is 32.1. The molecule has 0 aliphatic heterocycles. The van der Waals surface area contributed by atoms with Gasteiger partial charge in [-0.05, 0) is 61.0 Å². The summed E-state index contributed by atoms with van der Waals surface area (Å²) in [7, 11) is 3.08. The molecule has 0 saturated carbocycles. The van der Waals surface area contributed by atoms with Crippen molar-refractivity contribution in [2.75, 3.05) is 19.5 Å². The van der Waals surface area contributed by atoms with E-state index < -0.39 is 0 Å². The number of ether oxygens (including phenoxy) is 3. The smallest absolute Gasteiger partial charge is 0.255 e. The van der Waals surface area contributed by atoms with Crippen molar-refractivity contribution in [2.45, 2.75) is 6.92 Å². The highest BCUT2D eigenvalue weighted by Crippen LogP contribution is 2.37. The van der Waals surface area contributed by atoms with E-state index in [4.69, 9.17) is 14.2 Å². The number of aryl methyl sites for hydroxylation is 1. The Morgan fingerprint density at radius 2 is 1.61 bits per heavy atom. The van der Waals surface area contributed by atoms with Crippen LogP contribution in [0.2, 0.25) is 0 Å². The minimum Gasteiger partial charge on any atom is -0.493 e. The third-order valence-electron chi connectivity index (χ3n) is 5.50. The molecule has 0 bridgehead atoms. The van der Waals surface area contributed by atoms with Crippen LogP contribution in [0, 0.1) is 6.92 Å². The molecule has 0 aliphatic carbocycles. The molecule has 36 heavy (non-hydrogen) atoms. The minimum atomic E-state index is -0.260. The first kappa shape index (κ1) is 23.3. The summed E-state index contributed by atoms with van der Waals surface area (Å²) in [6.07, 6.45) is 0. The molecule has 0 atom stereocenters. The monoisotopic (exact) mass is 497 g/mol. The summed E-state index contributed by atoms with van der Waals surface area (Å²) in [5.41, 5.74) is 2.21. The maximum atomic E-state index is 12.7. The lowest BCUT2D eigenvalue weighted by Gasteiger charge is -2.11. The number of hydrogen-bond donors (Lipinski definition) is 1. The second-order valence-electron chi connectivity index (χ2n) is 7.92. The number of nitrogens with zero attached hydrogens (tertiary/aromatic N) is 2. The fourth-order valence-corrected chi connectivity index (χ4v) is 4.79.